The molecule has 0 saturated heterocycles. The van der Waals surface area contributed by atoms with Crippen LogP contribution in [0.1, 0.15) is 29.8 Å². The SMILES string of the molecule is CCOC(=O)c1cnc2ccc(Br)cc2c1Nc1ccc(CC)cc1. The lowest BCUT2D eigenvalue weighted by atomic mass is 10.1. The summed E-state index contributed by atoms with van der Waals surface area (Å²) in [7, 11) is 0. The highest BCUT2D eigenvalue weighted by Crippen LogP contribution is 2.31. The number of hydrogen-bond acceptors (Lipinski definition) is 4. The number of nitrogens with zero attached hydrogens (tertiary/aromatic N) is 1. The largest absolute Gasteiger partial charge is 0.462 e. The molecule has 0 fully saturated rings. The van der Waals surface area contributed by atoms with Crippen molar-refractivity contribution < 1.29 is 9.53 Å². The highest BCUT2D eigenvalue weighted by atomic mass is 79.9. The maximum Gasteiger partial charge on any atom is 0.341 e. The van der Waals surface area contributed by atoms with Gasteiger partial charge in [-0.05, 0) is 49.2 Å². The van der Waals surface area contributed by atoms with Crippen molar-refractivity contribution in [1.29, 1.82) is 0 Å². The Kier molecular flexibility index (Phi) is 5.34. The van der Waals surface area contributed by atoms with Gasteiger partial charge in [0.15, 0.2) is 0 Å². The molecule has 0 aliphatic carbocycles. The summed E-state index contributed by atoms with van der Waals surface area (Å²) in [6.45, 7) is 4.23. The third-order valence-electron chi connectivity index (χ3n) is 3.96. The molecule has 0 amide bonds. The molecule has 0 bridgehead atoms. The van der Waals surface area contributed by atoms with Gasteiger partial charge in [0.05, 0.1) is 17.8 Å². The van der Waals surface area contributed by atoms with Gasteiger partial charge < -0.3 is 10.1 Å². The van der Waals surface area contributed by atoms with Crippen LogP contribution in [-0.2, 0) is 11.2 Å². The Bertz CT molecular complexity index is 907. The minimum atomic E-state index is -0.385. The second kappa shape index (κ2) is 7.66. The van der Waals surface area contributed by atoms with E-state index < -0.39 is 0 Å². The Morgan fingerprint density at radius 3 is 2.60 bits per heavy atom. The number of carbonyl (C=O) groups is 1. The summed E-state index contributed by atoms with van der Waals surface area (Å²) in [5.74, 6) is -0.385. The van der Waals surface area contributed by atoms with Crippen molar-refractivity contribution in [3.05, 3.63) is 64.3 Å². The lowest BCUT2D eigenvalue weighted by Crippen LogP contribution is -2.09. The average molecular weight is 399 g/mol. The van der Waals surface area contributed by atoms with Crippen LogP contribution in [0, 0.1) is 0 Å². The molecule has 0 saturated carbocycles. The second-order valence-corrected chi connectivity index (χ2v) is 6.52. The smallest absolute Gasteiger partial charge is 0.341 e. The Morgan fingerprint density at radius 1 is 1.16 bits per heavy atom. The standard InChI is InChI=1S/C20H19BrN2O2/c1-3-13-5-8-15(9-6-13)23-19-16-11-14(21)7-10-18(16)22-12-17(19)20(24)25-4-2/h5-12H,3-4H2,1-2H3,(H,22,23). The van der Waals surface area contributed by atoms with Crippen LogP contribution in [-0.4, -0.2) is 17.6 Å². The maximum absolute atomic E-state index is 12.4. The van der Waals surface area contributed by atoms with Gasteiger partial charge in [-0.2, -0.15) is 0 Å². The first-order chi connectivity index (χ1) is 12.1. The van der Waals surface area contributed by atoms with Crippen LogP contribution in [0.2, 0.25) is 0 Å². The highest BCUT2D eigenvalue weighted by molar-refractivity contribution is 9.10. The molecule has 0 unspecified atom stereocenters. The van der Waals surface area contributed by atoms with Gasteiger partial charge in [0.25, 0.3) is 0 Å². The van der Waals surface area contributed by atoms with Gasteiger partial charge in [0, 0.05) is 21.7 Å². The first-order valence-electron chi connectivity index (χ1n) is 8.23. The van der Waals surface area contributed by atoms with Crippen LogP contribution < -0.4 is 5.32 Å². The predicted molar refractivity (Wildman–Crippen MR) is 105 cm³/mol. The van der Waals surface area contributed by atoms with E-state index in [4.69, 9.17) is 4.74 Å². The number of rotatable bonds is 5. The fraction of sp³-hybridized carbons (Fsp3) is 0.200. The normalized spacial score (nSPS) is 10.7. The van der Waals surface area contributed by atoms with E-state index in [0.29, 0.717) is 17.9 Å². The lowest BCUT2D eigenvalue weighted by molar-refractivity contribution is 0.0527. The molecule has 2 aromatic carbocycles. The van der Waals surface area contributed by atoms with Gasteiger partial charge >= 0.3 is 5.97 Å². The molecule has 3 aromatic rings. The summed E-state index contributed by atoms with van der Waals surface area (Å²) in [6.07, 6.45) is 2.55. The van der Waals surface area contributed by atoms with E-state index in [9.17, 15) is 4.79 Å². The molecular weight excluding hydrogens is 380 g/mol. The summed E-state index contributed by atoms with van der Waals surface area (Å²) >= 11 is 3.49. The van der Waals surface area contributed by atoms with E-state index in [1.807, 2.05) is 30.3 Å². The molecule has 0 atom stereocenters. The van der Waals surface area contributed by atoms with E-state index in [1.165, 1.54) is 5.56 Å². The van der Waals surface area contributed by atoms with E-state index in [-0.39, 0.29) is 5.97 Å². The monoisotopic (exact) mass is 398 g/mol. The topological polar surface area (TPSA) is 51.2 Å². The minimum absolute atomic E-state index is 0.319. The molecule has 1 N–H and O–H groups in total. The number of carbonyl (C=O) groups excluding carboxylic acids is 1. The zero-order valence-electron chi connectivity index (χ0n) is 14.2. The molecule has 4 nitrogen and oxygen atoms in total. The summed E-state index contributed by atoms with van der Waals surface area (Å²) < 4.78 is 6.11. The molecule has 0 radical (unpaired) electrons. The zero-order chi connectivity index (χ0) is 17.8. The third-order valence-corrected chi connectivity index (χ3v) is 4.45. The van der Waals surface area contributed by atoms with Crippen LogP contribution in [0.3, 0.4) is 0 Å². The van der Waals surface area contributed by atoms with E-state index in [2.05, 4.69) is 45.3 Å². The van der Waals surface area contributed by atoms with Crippen LogP contribution in [0.4, 0.5) is 11.4 Å². The van der Waals surface area contributed by atoms with Crippen molar-refractivity contribution in [3.8, 4) is 0 Å². The molecule has 0 spiro atoms. The fourth-order valence-corrected chi connectivity index (χ4v) is 2.99. The zero-order valence-corrected chi connectivity index (χ0v) is 15.8. The number of aromatic nitrogens is 1. The number of hydrogen-bond donors (Lipinski definition) is 1. The van der Waals surface area contributed by atoms with Crippen LogP contribution in [0.25, 0.3) is 10.9 Å². The Hall–Kier alpha value is -2.40. The Labute approximate surface area is 155 Å². The summed E-state index contributed by atoms with van der Waals surface area (Å²) in [6, 6.07) is 14.0. The summed E-state index contributed by atoms with van der Waals surface area (Å²) in [4.78, 5) is 16.8. The molecule has 0 aliphatic rings. The number of fused-ring (bicyclic) bond motifs is 1. The van der Waals surface area contributed by atoms with Gasteiger partial charge in [0.1, 0.15) is 5.56 Å². The van der Waals surface area contributed by atoms with Crippen LogP contribution >= 0.6 is 15.9 Å². The number of benzene rings is 2. The molecule has 1 aromatic heterocycles. The van der Waals surface area contributed by atoms with E-state index >= 15 is 0 Å². The minimum Gasteiger partial charge on any atom is -0.462 e. The summed E-state index contributed by atoms with van der Waals surface area (Å²) in [5, 5.41) is 4.23. The number of aryl methyl sites for hydroxylation is 1. The molecule has 5 heteroatoms. The van der Waals surface area contributed by atoms with Crippen molar-refractivity contribution >= 4 is 44.2 Å². The predicted octanol–water partition coefficient (Wildman–Crippen LogP) is 5.48. The van der Waals surface area contributed by atoms with E-state index in [1.54, 1.807) is 13.1 Å². The number of halogens is 1. The number of pyridine rings is 1. The van der Waals surface area contributed by atoms with Gasteiger partial charge in [-0.1, -0.05) is 35.0 Å². The summed E-state index contributed by atoms with van der Waals surface area (Å²) in [5.41, 5.74) is 4.11. The number of esters is 1. The van der Waals surface area contributed by atoms with Crippen LogP contribution in [0.15, 0.2) is 53.1 Å². The fourth-order valence-electron chi connectivity index (χ4n) is 2.63. The third kappa shape index (κ3) is 3.82. The second-order valence-electron chi connectivity index (χ2n) is 5.60. The Morgan fingerprint density at radius 2 is 1.92 bits per heavy atom. The van der Waals surface area contributed by atoms with Gasteiger partial charge in [-0.25, -0.2) is 4.79 Å². The molecule has 0 aliphatic heterocycles. The van der Waals surface area contributed by atoms with Crippen molar-refractivity contribution in [2.75, 3.05) is 11.9 Å². The van der Waals surface area contributed by atoms with Crippen molar-refractivity contribution in [3.63, 3.8) is 0 Å². The van der Waals surface area contributed by atoms with Crippen molar-refractivity contribution in [1.82, 2.24) is 4.98 Å². The highest BCUT2D eigenvalue weighted by Gasteiger charge is 2.17. The van der Waals surface area contributed by atoms with Gasteiger partial charge in [0.2, 0.25) is 0 Å². The molecule has 128 valence electrons. The van der Waals surface area contributed by atoms with Crippen molar-refractivity contribution in [2.45, 2.75) is 20.3 Å². The number of anilines is 2. The molecule has 3 rings (SSSR count). The van der Waals surface area contributed by atoms with Gasteiger partial charge in [-0.15, -0.1) is 0 Å². The lowest BCUT2D eigenvalue weighted by Gasteiger charge is -2.14. The Balaban J connectivity index is 2.12. The number of ether oxygens (including phenoxy) is 1. The molecule has 1 heterocycles. The van der Waals surface area contributed by atoms with Gasteiger partial charge in [-0.3, -0.25) is 4.98 Å². The first-order valence-corrected chi connectivity index (χ1v) is 9.03. The maximum atomic E-state index is 12.4. The quantitative estimate of drug-likeness (QED) is 0.578. The van der Waals surface area contributed by atoms with E-state index in [0.717, 1.165) is 27.5 Å². The van der Waals surface area contributed by atoms with Crippen LogP contribution in [0.5, 0.6) is 0 Å². The first kappa shape index (κ1) is 17.4. The average Bonchev–Trinajstić information content (AvgIpc) is 2.63. The molecular formula is C20H19BrN2O2. The number of nitrogens with one attached hydrogen (secondary N) is 1. The van der Waals surface area contributed by atoms with Crippen molar-refractivity contribution in [2.24, 2.45) is 0 Å². The molecule has 25 heavy (non-hydrogen) atoms.